The molecular weight excluding hydrogens is 262 g/mol. The molecule has 0 aliphatic carbocycles. The van der Waals surface area contributed by atoms with Gasteiger partial charge in [-0.15, -0.1) is 0 Å². The first-order valence-electron chi connectivity index (χ1n) is 7.78. The highest BCUT2D eigenvalue weighted by molar-refractivity contribution is 5.80. The van der Waals surface area contributed by atoms with Crippen molar-refractivity contribution in [1.82, 2.24) is 0 Å². The third-order valence-electron chi connectivity index (χ3n) is 4.60. The largest absolute Gasteiger partial charge is 0.480 e. The summed E-state index contributed by atoms with van der Waals surface area (Å²) >= 11 is 0. The van der Waals surface area contributed by atoms with Gasteiger partial charge < -0.3 is 10.0 Å². The molecule has 1 aromatic rings. The third-order valence-corrected chi connectivity index (χ3v) is 4.60. The van der Waals surface area contributed by atoms with Crippen LogP contribution in [0.4, 0.5) is 5.69 Å². The van der Waals surface area contributed by atoms with Crippen LogP contribution in [-0.2, 0) is 4.79 Å². The van der Waals surface area contributed by atoms with Gasteiger partial charge in [-0.2, -0.15) is 0 Å². The number of carbonyl (C=O) groups is 1. The van der Waals surface area contributed by atoms with E-state index in [9.17, 15) is 9.90 Å². The molecule has 0 unspecified atom stereocenters. The van der Waals surface area contributed by atoms with E-state index in [1.165, 1.54) is 11.1 Å². The molecule has 1 aliphatic heterocycles. The Morgan fingerprint density at radius 3 is 2.52 bits per heavy atom. The number of carboxylic acid groups (broad SMARTS) is 1. The SMILES string of the molecule is Cc1ccc2c(c1)N([C@@H](C(=O)O)C(C)C)C(C)(C)C[C@H]2C. The average Bonchev–Trinajstić information content (AvgIpc) is 2.32. The molecule has 1 heterocycles. The summed E-state index contributed by atoms with van der Waals surface area (Å²) in [7, 11) is 0. The summed E-state index contributed by atoms with van der Waals surface area (Å²) in [6.45, 7) is 12.6. The molecule has 1 aromatic carbocycles. The van der Waals surface area contributed by atoms with Crippen molar-refractivity contribution in [3.63, 3.8) is 0 Å². The fraction of sp³-hybridized carbons (Fsp3) is 0.611. The van der Waals surface area contributed by atoms with Gasteiger partial charge in [0.25, 0.3) is 0 Å². The maximum absolute atomic E-state index is 11.9. The van der Waals surface area contributed by atoms with Crippen molar-refractivity contribution in [2.75, 3.05) is 4.90 Å². The lowest BCUT2D eigenvalue weighted by Gasteiger charge is -2.51. The van der Waals surface area contributed by atoms with Crippen LogP contribution >= 0.6 is 0 Å². The Hall–Kier alpha value is -1.51. The van der Waals surface area contributed by atoms with Crippen LogP contribution in [0, 0.1) is 12.8 Å². The van der Waals surface area contributed by atoms with Gasteiger partial charge in [-0.05, 0) is 56.2 Å². The van der Waals surface area contributed by atoms with Gasteiger partial charge in [-0.25, -0.2) is 4.79 Å². The van der Waals surface area contributed by atoms with E-state index in [-0.39, 0.29) is 11.5 Å². The standard InChI is InChI=1S/C18H27NO2/c1-11(2)16(17(20)21)19-15-9-12(3)7-8-14(15)13(4)10-18(19,5)6/h7-9,11,13,16H,10H2,1-6H3,(H,20,21)/t13-,16-/m1/s1. The number of fused-ring (bicyclic) bond motifs is 1. The molecule has 0 spiro atoms. The molecule has 0 aromatic heterocycles. The maximum Gasteiger partial charge on any atom is 0.326 e. The molecule has 1 aliphatic rings. The van der Waals surface area contributed by atoms with Gasteiger partial charge >= 0.3 is 5.97 Å². The number of benzene rings is 1. The Morgan fingerprint density at radius 2 is 2.00 bits per heavy atom. The predicted octanol–water partition coefficient (Wildman–Crippen LogP) is 4.20. The highest BCUT2D eigenvalue weighted by Gasteiger charge is 2.43. The molecule has 0 saturated heterocycles. The van der Waals surface area contributed by atoms with Crippen molar-refractivity contribution < 1.29 is 9.90 Å². The minimum Gasteiger partial charge on any atom is -0.480 e. The van der Waals surface area contributed by atoms with E-state index in [4.69, 9.17) is 0 Å². The minimum absolute atomic E-state index is 0.0588. The number of aryl methyl sites for hydroxylation is 1. The topological polar surface area (TPSA) is 40.5 Å². The molecule has 0 amide bonds. The van der Waals surface area contributed by atoms with E-state index in [1.54, 1.807) is 0 Å². The number of nitrogens with zero attached hydrogens (tertiary/aromatic N) is 1. The van der Waals surface area contributed by atoms with E-state index >= 15 is 0 Å². The number of anilines is 1. The number of carboxylic acids is 1. The van der Waals surface area contributed by atoms with Crippen LogP contribution in [0.2, 0.25) is 0 Å². The zero-order valence-electron chi connectivity index (χ0n) is 14.0. The number of hydrogen-bond donors (Lipinski definition) is 1. The van der Waals surface area contributed by atoms with Gasteiger partial charge in [0, 0.05) is 11.2 Å². The predicted molar refractivity (Wildman–Crippen MR) is 87.0 cm³/mol. The van der Waals surface area contributed by atoms with E-state index in [1.807, 2.05) is 13.8 Å². The van der Waals surface area contributed by atoms with Crippen LogP contribution in [0.15, 0.2) is 18.2 Å². The normalized spacial score (nSPS) is 22.0. The summed E-state index contributed by atoms with van der Waals surface area (Å²) in [5.41, 5.74) is 3.39. The van der Waals surface area contributed by atoms with Crippen LogP contribution in [-0.4, -0.2) is 22.7 Å². The maximum atomic E-state index is 11.9. The van der Waals surface area contributed by atoms with Crippen molar-refractivity contribution in [2.24, 2.45) is 5.92 Å². The number of hydrogen-bond acceptors (Lipinski definition) is 2. The monoisotopic (exact) mass is 289 g/mol. The van der Waals surface area contributed by atoms with Crippen molar-refractivity contribution >= 4 is 11.7 Å². The first kappa shape index (κ1) is 15.9. The van der Waals surface area contributed by atoms with E-state index in [0.717, 1.165) is 12.1 Å². The molecule has 0 saturated carbocycles. The first-order valence-corrected chi connectivity index (χ1v) is 7.78. The molecular formula is C18H27NO2. The van der Waals surface area contributed by atoms with E-state index < -0.39 is 12.0 Å². The Labute approximate surface area is 128 Å². The first-order chi connectivity index (χ1) is 9.65. The van der Waals surface area contributed by atoms with Gasteiger partial charge in [0.05, 0.1) is 0 Å². The molecule has 116 valence electrons. The second-order valence-corrected chi connectivity index (χ2v) is 7.38. The van der Waals surface area contributed by atoms with E-state index in [2.05, 4.69) is 50.8 Å². The fourth-order valence-electron chi connectivity index (χ4n) is 3.78. The van der Waals surface area contributed by atoms with Crippen molar-refractivity contribution in [3.05, 3.63) is 29.3 Å². The summed E-state index contributed by atoms with van der Waals surface area (Å²) in [6, 6.07) is 5.94. The summed E-state index contributed by atoms with van der Waals surface area (Å²) < 4.78 is 0. The van der Waals surface area contributed by atoms with Crippen LogP contribution in [0.3, 0.4) is 0 Å². The fourth-order valence-corrected chi connectivity index (χ4v) is 3.78. The number of rotatable bonds is 3. The molecule has 0 radical (unpaired) electrons. The molecule has 0 bridgehead atoms. The number of aliphatic carboxylic acids is 1. The van der Waals surface area contributed by atoms with Crippen LogP contribution < -0.4 is 4.90 Å². The van der Waals surface area contributed by atoms with Gasteiger partial charge in [0.15, 0.2) is 0 Å². The summed E-state index contributed by atoms with van der Waals surface area (Å²) in [5, 5.41) is 9.75. The molecule has 2 rings (SSSR count). The van der Waals surface area contributed by atoms with Gasteiger partial charge in [0.1, 0.15) is 6.04 Å². The van der Waals surface area contributed by atoms with Crippen LogP contribution in [0.1, 0.15) is 58.1 Å². The quantitative estimate of drug-likeness (QED) is 0.906. The Morgan fingerprint density at radius 1 is 1.38 bits per heavy atom. The highest BCUT2D eigenvalue weighted by Crippen LogP contribution is 2.45. The van der Waals surface area contributed by atoms with E-state index in [0.29, 0.717) is 5.92 Å². The van der Waals surface area contributed by atoms with Gasteiger partial charge in [0.2, 0.25) is 0 Å². The smallest absolute Gasteiger partial charge is 0.326 e. The molecule has 21 heavy (non-hydrogen) atoms. The zero-order chi connectivity index (χ0) is 15.9. The minimum atomic E-state index is -0.736. The zero-order valence-corrected chi connectivity index (χ0v) is 14.0. The highest BCUT2D eigenvalue weighted by atomic mass is 16.4. The summed E-state index contributed by atoms with van der Waals surface area (Å²) in [4.78, 5) is 14.0. The Kier molecular flexibility index (Phi) is 4.05. The summed E-state index contributed by atoms with van der Waals surface area (Å²) in [6.07, 6.45) is 0.972. The van der Waals surface area contributed by atoms with Gasteiger partial charge in [-0.3, -0.25) is 0 Å². The average molecular weight is 289 g/mol. The lowest BCUT2D eigenvalue weighted by atomic mass is 9.78. The van der Waals surface area contributed by atoms with Crippen molar-refractivity contribution in [2.45, 2.75) is 65.5 Å². The Bertz CT molecular complexity index is 548. The van der Waals surface area contributed by atoms with Crippen molar-refractivity contribution in [1.29, 1.82) is 0 Å². The Balaban J connectivity index is 2.64. The lowest BCUT2D eigenvalue weighted by molar-refractivity contribution is -0.140. The lowest BCUT2D eigenvalue weighted by Crippen LogP contribution is -2.58. The molecule has 3 heteroatoms. The van der Waals surface area contributed by atoms with Crippen LogP contribution in [0.25, 0.3) is 0 Å². The molecule has 3 nitrogen and oxygen atoms in total. The third kappa shape index (κ3) is 2.78. The van der Waals surface area contributed by atoms with Crippen LogP contribution in [0.5, 0.6) is 0 Å². The van der Waals surface area contributed by atoms with Gasteiger partial charge in [-0.1, -0.05) is 32.9 Å². The molecule has 2 atom stereocenters. The second-order valence-electron chi connectivity index (χ2n) is 7.38. The molecule has 0 fully saturated rings. The molecule has 1 N–H and O–H groups in total. The van der Waals surface area contributed by atoms with Crippen molar-refractivity contribution in [3.8, 4) is 0 Å². The summed E-state index contributed by atoms with van der Waals surface area (Å²) in [5.74, 6) is -0.225. The second kappa shape index (κ2) is 5.36.